The van der Waals surface area contributed by atoms with E-state index in [4.69, 9.17) is 21.1 Å². The van der Waals surface area contributed by atoms with E-state index in [9.17, 15) is 18.0 Å². The number of carbonyl (C=O) groups excluding carboxylic acids is 2. The van der Waals surface area contributed by atoms with E-state index in [-0.39, 0.29) is 11.4 Å². The summed E-state index contributed by atoms with van der Waals surface area (Å²) in [5.41, 5.74) is 0.420. The minimum atomic E-state index is -3.65. The summed E-state index contributed by atoms with van der Waals surface area (Å²) in [5.74, 6) is -0.897. The average molecular weight is 455 g/mol. The summed E-state index contributed by atoms with van der Waals surface area (Å²) in [6.45, 7) is 0.933. The van der Waals surface area contributed by atoms with E-state index in [0.717, 1.165) is 4.31 Å². The highest BCUT2D eigenvalue weighted by molar-refractivity contribution is 7.89. The van der Waals surface area contributed by atoms with Crippen molar-refractivity contribution >= 4 is 33.5 Å². The van der Waals surface area contributed by atoms with Gasteiger partial charge in [0.2, 0.25) is 10.0 Å². The van der Waals surface area contributed by atoms with Gasteiger partial charge in [-0.2, -0.15) is 0 Å². The molecule has 1 unspecified atom stereocenters. The van der Waals surface area contributed by atoms with Crippen molar-refractivity contribution in [1.29, 1.82) is 0 Å². The number of rotatable bonds is 9. The highest BCUT2D eigenvalue weighted by Crippen LogP contribution is 2.19. The molecule has 0 saturated carbocycles. The Morgan fingerprint density at radius 2 is 1.83 bits per heavy atom. The number of halogens is 1. The molecule has 0 bridgehead atoms. The summed E-state index contributed by atoms with van der Waals surface area (Å²) in [6, 6.07) is 12.9. The first-order chi connectivity index (χ1) is 14.1. The number of hydrogen-bond acceptors (Lipinski definition) is 6. The molecule has 0 aliphatic heterocycles. The number of ether oxygens (including phenoxy) is 2. The van der Waals surface area contributed by atoms with Crippen LogP contribution in [-0.2, 0) is 30.9 Å². The Hall–Kier alpha value is -2.62. The van der Waals surface area contributed by atoms with E-state index in [0.29, 0.717) is 16.3 Å². The number of nitrogens with zero attached hydrogens (tertiary/aromatic N) is 1. The van der Waals surface area contributed by atoms with Crippen LogP contribution in [0, 0.1) is 0 Å². The normalized spacial score (nSPS) is 12.3. The molecular weight excluding hydrogens is 432 g/mol. The van der Waals surface area contributed by atoms with Crippen LogP contribution in [0.1, 0.15) is 12.5 Å². The summed E-state index contributed by atoms with van der Waals surface area (Å²) in [5, 5.41) is 3.01. The predicted molar refractivity (Wildman–Crippen MR) is 112 cm³/mol. The van der Waals surface area contributed by atoms with E-state index in [2.05, 4.69) is 5.32 Å². The van der Waals surface area contributed by atoms with Gasteiger partial charge in [0, 0.05) is 25.7 Å². The van der Waals surface area contributed by atoms with Crippen molar-refractivity contribution in [2.24, 2.45) is 0 Å². The highest BCUT2D eigenvalue weighted by atomic mass is 35.5. The second kappa shape index (κ2) is 10.4. The second-order valence-corrected chi connectivity index (χ2v) is 9.05. The number of hydrogen-bond donors (Lipinski definition) is 1. The fourth-order valence-corrected chi connectivity index (χ4v) is 3.69. The number of carbonyl (C=O) groups is 2. The van der Waals surface area contributed by atoms with Gasteiger partial charge < -0.3 is 14.8 Å². The van der Waals surface area contributed by atoms with Gasteiger partial charge in [-0.05, 0) is 36.8 Å². The number of nitrogens with one attached hydrogen (secondary N) is 1. The maximum Gasteiger partial charge on any atom is 0.347 e. The van der Waals surface area contributed by atoms with Gasteiger partial charge >= 0.3 is 5.97 Å². The number of amides is 1. The van der Waals surface area contributed by atoms with E-state index >= 15 is 0 Å². The van der Waals surface area contributed by atoms with Crippen molar-refractivity contribution in [2.75, 3.05) is 20.7 Å². The van der Waals surface area contributed by atoms with Crippen molar-refractivity contribution in [3.05, 3.63) is 59.1 Å². The van der Waals surface area contributed by atoms with Crippen molar-refractivity contribution in [3.8, 4) is 5.75 Å². The topological polar surface area (TPSA) is 102 Å². The highest BCUT2D eigenvalue weighted by Gasteiger charge is 2.21. The molecule has 162 valence electrons. The molecular formula is C20H23ClN2O6S. The van der Waals surface area contributed by atoms with Crippen LogP contribution in [0.4, 0.5) is 0 Å². The lowest BCUT2D eigenvalue weighted by molar-refractivity contribution is -0.154. The van der Waals surface area contributed by atoms with Crippen LogP contribution in [0.25, 0.3) is 0 Å². The molecule has 0 heterocycles. The Labute approximate surface area is 180 Å². The average Bonchev–Trinajstić information content (AvgIpc) is 2.70. The minimum Gasteiger partial charge on any atom is -0.479 e. The molecule has 8 nitrogen and oxygen atoms in total. The van der Waals surface area contributed by atoms with E-state index in [1.54, 1.807) is 42.5 Å². The largest absolute Gasteiger partial charge is 0.479 e. The molecule has 1 N–H and O–H groups in total. The summed E-state index contributed by atoms with van der Waals surface area (Å²) in [7, 11) is -0.800. The SMILES string of the molecule is CC(Oc1cccc(Cl)c1)C(=O)OCC(=O)NCc1ccccc1S(=O)(=O)N(C)C. The van der Waals surface area contributed by atoms with Gasteiger partial charge in [0.05, 0.1) is 4.90 Å². The van der Waals surface area contributed by atoms with Gasteiger partial charge in [-0.1, -0.05) is 35.9 Å². The lowest BCUT2D eigenvalue weighted by atomic mass is 10.2. The van der Waals surface area contributed by atoms with Crippen LogP contribution in [0.3, 0.4) is 0 Å². The van der Waals surface area contributed by atoms with Crippen LogP contribution in [0.2, 0.25) is 5.02 Å². The van der Waals surface area contributed by atoms with E-state index < -0.39 is 34.6 Å². The zero-order chi connectivity index (χ0) is 22.3. The maximum absolute atomic E-state index is 12.4. The minimum absolute atomic E-state index is 0.0335. The third-order valence-electron chi connectivity index (χ3n) is 3.99. The first-order valence-corrected chi connectivity index (χ1v) is 10.8. The smallest absolute Gasteiger partial charge is 0.347 e. The third kappa shape index (κ3) is 6.45. The standard InChI is InChI=1S/C20H23ClN2O6S/c1-14(29-17-9-6-8-16(21)11-17)20(25)28-13-19(24)22-12-15-7-4-5-10-18(15)30(26,27)23(2)3/h4-11,14H,12-13H2,1-3H3,(H,22,24). The fourth-order valence-electron chi connectivity index (χ4n) is 2.39. The Morgan fingerprint density at radius 1 is 1.13 bits per heavy atom. The zero-order valence-corrected chi connectivity index (χ0v) is 18.4. The van der Waals surface area contributed by atoms with Crippen molar-refractivity contribution < 1.29 is 27.5 Å². The van der Waals surface area contributed by atoms with Crippen molar-refractivity contribution in [2.45, 2.75) is 24.5 Å². The number of sulfonamides is 1. The molecule has 0 spiro atoms. The quantitative estimate of drug-likeness (QED) is 0.583. The molecule has 0 aromatic heterocycles. The zero-order valence-electron chi connectivity index (χ0n) is 16.8. The van der Waals surface area contributed by atoms with Crippen LogP contribution in [0.15, 0.2) is 53.4 Å². The second-order valence-electron chi connectivity index (χ2n) is 6.50. The molecule has 1 atom stereocenters. The maximum atomic E-state index is 12.4. The van der Waals surface area contributed by atoms with Gasteiger partial charge in [0.25, 0.3) is 5.91 Å². The first kappa shape index (κ1) is 23.7. The molecule has 10 heteroatoms. The molecule has 2 rings (SSSR count). The predicted octanol–water partition coefficient (Wildman–Crippen LogP) is 2.22. The molecule has 30 heavy (non-hydrogen) atoms. The van der Waals surface area contributed by atoms with Gasteiger partial charge in [-0.3, -0.25) is 4.79 Å². The summed E-state index contributed by atoms with van der Waals surface area (Å²) in [4.78, 5) is 24.2. The number of benzene rings is 2. The molecule has 0 aliphatic carbocycles. The summed E-state index contributed by atoms with van der Waals surface area (Å²) < 4.78 is 36.2. The van der Waals surface area contributed by atoms with Crippen molar-refractivity contribution in [3.63, 3.8) is 0 Å². The van der Waals surface area contributed by atoms with Crippen molar-refractivity contribution in [1.82, 2.24) is 9.62 Å². The Bertz CT molecular complexity index is 1010. The van der Waals surface area contributed by atoms with Gasteiger partial charge in [-0.15, -0.1) is 0 Å². The Balaban J connectivity index is 1.88. The molecule has 0 fully saturated rings. The van der Waals surface area contributed by atoms with E-state index in [1.807, 2.05) is 0 Å². The molecule has 2 aromatic rings. The molecule has 0 saturated heterocycles. The first-order valence-electron chi connectivity index (χ1n) is 8.97. The van der Waals surface area contributed by atoms with Crippen LogP contribution in [-0.4, -0.2) is 51.4 Å². The monoisotopic (exact) mass is 454 g/mol. The molecule has 1 amide bonds. The fraction of sp³-hybridized carbons (Fsp3) is 0.300. The third-order valence-corrected chi connectivity index (χ3v) is 6.14. The lowest BCUT2D eigenvalue weighted by Gasteiger charge is -2.16. The van der Waals surface area contributed by atoms with E-state index in [1.165, 1.54) is 27.1 Å². The lowest BCUT2D eigenvalue weighted by Crippen LogP contribution is -2.33. The van der Waals surface area contributed by atoms with Crippen LogP contribution < -0.4 is 10.1 Å². The number of esters is 1. The van der Waals surface area contributed by atoms with Gasteiger partial charge in [0.15, 0.2) is 12.7 Å². The van der Waals surface area contributed by atoms with Crippen LogP contribution in [0.5, 0.6) is 5.75 Å². The van der Waals surface area contributed by atoms with Crippen LogP contribution >= 0.6 is 11.6 Å². The summed E-state index contributed by atoms with van der Waals surface area (Å²) >= 11 is 5.86. The molecule has 0 radical (unpaired) electrons. The molecule has 2 aromatic carbocycles. The summed E-state index contributed by atoms with van der Waals surface area (Å²) in [6.07, 6.45) is -0.942. The van der Waals surface area contributed by atoms with Gasteiger partial charge in [0.1, 0.15) is 5.75 Å². The van der Waals surface area contributed by atoms with Gasteiger partial charge in [-0.25, -0.2) is 17.5 Å². The Morgan fingerprint density at radius 3 is 2.50 bits per heavy atom. The Kier molecular flexibility index (Phi) is 8.22. The molecule has 0 aliphatic rings.